The van der Waals surface area contributed by atoms with E-state index in [0.717, 1.165) is 45.7 Å². The molecule has 4 aromatic heterocycles. The highest BCUT2D eigenvalue weighted by Crippen LogP contribution is 2.36. The fraction of sp³-hybridized carbons (Fsp3) is 0.500. The van der Waals surface area contributed by atoms with Crippen molar-refractivity contribution in [2.45, 2.75) is 59.6 Å². The average molecular weight is 551 g/mol. The minimum atomic E-state index is -0.568. The zero-order valence-electron chi connectivity index (χ0n) is 24.0. The molecule has 4 aromatic rings. The first-order valence-electron chi connectivity index (χ1n) is 13.7. The van der Waals surface area contributed by atoms with Crippen molar-refractivity contribution in [3.05, 3.63) is 34.9 Å². The quantitative estimate of drug-likeness (QED) is 0.356. The first-order chi connectivity index (χ1) is 19.3. The number of H-pyrrole nitrogens is 1. The topological polar surface area (TPSA) is 128 Å². The largest absolute Gasteiger partial charge is 0.476 e. The number of nitrogens with one attached hydrogen (secondary N) is 1. The Morgan fingerprint density at radius 1 is 1.25 bits per heavy atom. The molecule has 0 aliphatic carbocycles. The molecule has 2 N–H and O–H groups in total. The van der Waals surface area contributed by atoms with Gasteiger partial charge in [0.15, 0.2) is 5.65 Å². The summed E-state index contributed by atoms with van der Waals surface area (Å²) in [6, 6.07) is 2.05. The Bertz CT molecular complexity index is 1500. The lowest BCUT2D eigenvalue weighted by Gasteiger charge is -2.26. The van der Waals surface area contributed by atoms with Crippen molar-refractivity contribution in [3.63, 3.8) is 0 Å². The normalized spacial score (nSPS) is 17.6. The minimum Gasteiger partial charge on any atom is -0.476 e. The smallest absolute Gasteiger partial charge is 0.240 e. The van der Waals surface area contributed by atoms with Crippen molar-refractivity contribution < 1.29 is 19.3 Å². The second kappa shape index (κ2) is 11.8. The van der Waals surface area contributed by atoms with Crippen LogP contribution < -0.4 is 9.47 Å². The van der Waals surface area contributed by atoms with Gasteiger partial charge in [0.1, 0.15) is 6.10 Å². The number of nitrogens with zero attached hydrogens (tertiary/aromatic N) is 7. The summed E-state index contributed by atoms with van der Waals surface area (Å²) >= 11 is 0. The predicted molar refractivity (Wildman–Crippen MR) is 152 cm³/mol. The Labute approximate surface area is 233 Å². The second-order valence-electron chi connectivity index (χ2n) is 10.1. The number of methoxy groups -OCH3 is 1. The van der Waals surface area contributed by atoms with E-state index in [9.17, 15) is 5.11 Å². The van der Waals surface area contributed by atoms with Crippen LogP contribution in [0.2, 0.25) is 0 Å². The second-order valence-corrected chi connectivity index (χ2v) is 10.1. The van der Waals surface area contributed by atoms with Crippen LogP contribution in [0.1, 0.15) is 50.3 Å². The Kier molecular flexibility index (Phi) is 8.19. The summed E-state index contributed by atoms with van der Waals surface area (Å²) in [6.07, 6.45) is 5.05. The molecule has 0 fully saturated rings. The molecular weight excluding hydrogens is 512 g/mol. The van der Waals surface area contributed by atoms with Gasteiger partial charge in [-0.2, -0.15) is 10.2 Å². The summed E-state index contributed by atoms with van der Waals surface area (Å²) in [5.41, 5.74) is 5.73. The Balaban J connectivity index is 1.72. The van der Waals surface area contributed by atoms with Gasteiger partial charge in [-0.25, -0.2) is 9.67 Å². The van der Waals surface area contributed by atoms with Crippen molar-refractivity contribution in [3.8, 4) is 22.9 Å². The van der Waals surface area contributed by atoms with Gasteiger partial charge in [0.05, 0.1) is 54.1 Å². The van der Waals surface area contributed by atoms with E-state index in [-0.39, 0.29) is 6.10 Å². The van der Waals surface area contributed by atoms with E-state index in [1.165, 1.54) is 0 Å². The maximum Gasteiger partial charge on any atom is 0.240 e. The fourth-order valence-electron chi connectivity index (χ4n) is 5.15. The maximum absolute atomic E-state index is 10.2. The van der Waals surface area contributed by atoms with Gasteiger partial charge in [0, 0.05) is 44.4 Å². The molecule has 0 spiro atoms. The van der Waals surface area contributed by atoms with Gasteiger partial charge in [-0.1, -0.05) is 6.92 Å². The maximum atomic E-state index is 10.2. The van der Waals surface area contributed by atoms with E-state index >= 15 is 0 Å². The fourth-order valence-corrected chi connectivity index (χ4v) is 5.15. The molecule has 1 aliphatic rings. The Morgan fingerprint density at radius 3 is 2.80 bits per heavy atom. The molecule has 0 aromatic carbocycles. The Hall–Kier alpha value is -3.74. The van der Waals surface area contributed by atoms with E-state index < -0.39 is 6.10 Å². The van der Waals surface area contributed by atoms with Crippen molar-refractivity contribution in [1.29, 1.82) is 0 Å². The summed E-state index contributed by atoms with van der Waals surface area (Å²) in [4.78, 5) is 6.94. The van der Waals surface area contributed by atoms with Gasteiger partial charge in [0.25, 0.3) is 0 Å². The molecule has 5 rings (SSSR count). The van der Waals surface area contributed by atoms with Crippen LogP contribution in [-0.4, -0.2) is 83.8 Å². The minimum absolute atomic E-state index is 0.158. The van der Waals surface area contributed by atoms with Crippen molar-refractivity contribution in [2.75, 3.05) is 26.8 Å². The van der Waals surface area contributed by atoms with Gasteiger partial charge in [-0.05, 0) is 45.5 Å². The molecule has 0 saturated heterocycles. The molecule has 40 heavy (non-hydrogen) atoms. The SMILES string of the molecule is CCOc1nn(C[C@H](C)O)c2c1/C=C/c1[nH]nc3ncc(cc13)-c1c(COC)nn(C)c1O[C@@H](C)CN(CC)C2. The first-order valence-corrected chi connectivity index (χ1v) is 13.7. The number of aliphatic hydroxyl groups excluding tert-OH is 1. The summed E-state index contributed by atoms with van der Waals surface area (Å²) < 4.78 is 21.6. The molecule has 12 heteroatoms. The van der Waals surface area contributed by atoms with E-state index in [4.69, 9.17) is 24.4 Å². The number of aromatic nitrogens is 7. The highest BCUT2D eigenvalue weighted by atomic mass is 16.5. The number of rotatable bonds is 7. The third-order valence-electron chi connectivity index (χ3n) is 6.92. The highest BCUT2D eigenvalue weighted by Gasteiger charge is 2.25. The zero-order valence-corrected chi connectivity index (χ0v) is 24.0. The van der Waals surface area contributed by atoms with Gasteiger partial charge in [-0.15, -0.1) is 5.10 Å². The predicted octanol–water partition coefficient (Wildman–Crippen LogP) is 3.25. The van der Waals surface area contributed by atoms with Crippen LogP contribution in [0.25, 0.3) is 34.3 Å². The summed E-state index contributed by atoms with van der Waals surface area (Å²) in [5.74, 6) is 1.19. The van der Waals surface area contributed by atoms with Crippen LogP contribution in [-0.2, 0) is 31.5 Å². The molecule has 0 amide bonds. The van der Waals surface area contributed by atoms with Gasteiger partial charge in [0.2, 0.25) is 11.8 Å². The van der Waals surface area contributed by atoms with E-state index in [0.29, 0.717) is 50.3 Å². The van der Waals surface area contributed by atoms with Crippen LogP contribution >= 0.6 is 0 Å². The molecule has 5 heterocycles. The van der Waals surface area contributed by atoms with Crippen molar-refractivity contribution >= 4 is 23.2 Å². The number of ether oxygens (including phenoxy) is 3. The number of fused-ring (bicyclic) bond motifs is 4. The molecular formula is C28H38N8O4. The number of aliphatic hydroxyl groups is 1. The van der Waals surface area contributed by atoms with Gasteiger partial charge >= 0.3 is 0 Å². The number of aryl methyl sites for hydroxylation is 1. The molecule has 12 nitrogen and oxygen atoms in total. The average Bonchev–Trinajstić information content (AvgIpc) is 3.55. The summed E-state index contributed by atoms with van der Waals surface area (Å²) in [6.45, 7) is 11.1. The number of pyridine rings is 1. The van der Waals surface area contributed by atoms with Crippen LogP contribution in [0, 0.1) is 0 Å². The van der Waals surface area contributed by atoms with E-state index in [2.05, 4.69) is 40.0 Å². The molecule has 2 bridgehead atoms. The van der Waals surface area contributed by atoms with Crippen molar-refractivity contribution in [2.24, 2.45) is 7.05 Å². The third kappa shape index (κ3) is 5.47. The molecule has 0 saturated carbocycles. The monoisotopic (exact) mass is 550 g/mol. The van der Waals surface area contributed by atoms with Gasteiger partial charge < -0.3 is 19.3 Å². The Morgan fingerprint density at radius 2 is 2.08 bits per heavy atom. The van der Waals surface area contributed by atoms with Crippen LogP contribution in [0.4, 0.5) is 0 Å². The number of aromatic amines is 1. The van der Waals surface area contributed by atoms with Crippen LogP contribution in [0.5, 0.6) is 11.8 Å². The molecule has 1 aliphatic heterocycles. The lowest BCUT2D eigenvalue weighted by Crippen LogP contribution is -2.35. The number of hydrogen-bond acceptors (Lipinski definition) is 9. The third-order valence-corrected chi connectivity index (χ3v) is 6.92. The van der Waals surface area contributed by atoms with Gasteiger partial charge in [-0.3, -0.25) is 14.7 Å². The standard InChI is InChI=1S/C28H38N8O4/c1-7-35-14-18(4)40-28-25(23(16-38-6)32-34(28)5)19-11-21-22(30-31-26(21)29-12-19)10-9-20-24(15-35)36(13-17(3)37)33-27(20)39-8-2/h9-12,17-18,37H,7-8,13-16H2,1-6H3,(H,29,30,31)/b10-9+/t17-,18-/m0/s1. The highest BCUT2D eigenvalue weighted by molar-refractivity contribution is 5.91. The van der Waals surface area contributed by atoms with Crippen LogP contribution in [0.3, 0.4) is 0 Å². The van der Waals surface area contributed by atoms with E-state index in [1.54, 1.807) is 24.9 Å². The summed E-state index contributed by atoms with van der Waals surface area (Å²) in [5, 5.41) is 28.1. The summed E-state index contributed by atoms with van der Waals surface area (Å²) in [7, 11) is 3.54. The number of hydrogen-bond donors (Lipinski definition) is 2. The lowest BCUT2D eigenvalue weighted by atomic mass is 10.1. The van der Waals surface area contributed by atoms with Crippen LogP contribution in [0.15, 0.2) is 12.3 Å². The zero-order chi connectivity index (χ0) is 28.4. The molecule has 2 atom stereocenters. The van der Waals surface area contributed by atoms with E-state index in [1.807, 2.05) is 30.8 Å². The molecule has 0 radical (unpaired) electrons. The molecule has 214 valence electrons. The first kappa shape index (κ1) is 27.8. The lowest BCUT2D eigenvalue weighted by molar-refractivity contribution is 0.131. The molecule has 0 unspecified atom stereocenters. The van der Waals surface area contributed by atoms with Crippen molar-refractivity contribution in [1.82, 2.24) is 39.6 Å². The number of likely N-dealkylation sites (N-methyl/N-ethyl adjacent to an activating group) is 1.